The van der Waals surface area contributed by atoms with E-state index < -0.39 is 6.04 Å². The molecule has 1 aliphatic heterocycles. The third-order valence-electron chi connectivity index (χ3n) is 3.04. The molecule has 3 amide bonds. The molecular formula is C21H45N3O4. The van der Waals surface area contributed by atoms with Crippen LogP contribution in [0.2, 0.25) is 0 Å². The molecule has 0 aromatic carbocycles. The van der Waals surface area contributed by atoms with Gasteiger partial charge in [0.05, 0.1) is 0 Å². The molecular weight excluding hydrogens is 358 g/mol. The second kappa shape index (κ2) is 17.3. The van der Waals surface area contributed by atoms with Crippen LogP contribution in [0.4, 0.5) is 4.79 Å². The maximum absolute atomic E-state index is 12.1. The normalized spacial score (nSPS) is 16.2. The molecule has 2 unspecified atom stereocenters. The van der Waals surface area contributed by atoms with Crippen LogP contribution < -0.4 is 10.6 Å². The number of amides is 3. The van der Waals surface area contributed by atoms with Gasteiger partial charge in [0.15, 0.2) is 0 Å². The summed E-state index contributed by atoms with van der Waals surface area (Å²) in [6.45, 7) is 20.8. The zero-order valence-electron chi connectivity index (χ0n) is 19.8. The SMILES string of the molecule is CC(C)C.CC(NC(=O)NC(C)(C)C)C(=O)N1CCCC1C.CCC.O=CO. The van der Waals surface area contributed by atoms with Gasteiger partial charge in [0.25, 0.3) is 6.47 Å². The van der Waals surface area contributed by atoms with Crippen molar-refractivity contribution < 1.29 is 19.5 Å². The molecule has 3 N–H and O–H groups in total. The molecule has 0 spiro atoms. The number of carbonyl (C=O) groups is 3. The predicted octanol–water partition coefficient (Wildman–Crippen LogP) is 4.26. The number of carbonyl (C=O) groups excluding carboxylic acids is 2. The molecule has 0 radical (unpaired) electrons. The van der Waals surface area contributed by atoms with E-state index in [0.29, 0.717) is 0 Å². The lowest BCUT2D eigenvalue weighted by Crippen LogP contribution is -2.53. The second-order valence-corrected chi connectivity index (χ2v) is 8.64. The zero-order valence-corrected chi connectivity index (χ0v) is 19.8. The van der Waals surface area contributed by atoms with Gasteiger partial charge in [-0.3, -0.25) is 9.59 Å². The minimum Gasteiger partial charge on any atom is -0.483 e. The van der Waals surface area contributed by atoms with Crippen LogP contribution in [0, 0.1) is 5.92 Å². The maximum atomic E-state index is 12.1. The van der Waals surface area contributed by atoms with E-state index in [9.17, 15) is 9.59 Å². The number of nitrogens with zero attached hydrogens (tertiary/aromatic N) is 1. The molecule has 1 heterocycles. The molecule has 1 saturated heterocycles. The quantitative estimate of drug-likeness (QED) is 0.600. The Bertz CT molecular complexity index is 418. The van der Waals surface area contributed by atoms with Crippen molar-refractivity contribution in [1.29, 1.82) is 0 Å². The van der Waals surface area contributed by atoms with Crippen LogP contribution in [-0.2, 0) is 9.59 Å². The average molecular weight is 404 g/mol. The van der Waals surface area contributed by atoms with E-state index >= 15 is 0 Å². The van der Waals surface area contributed by atoms with Gasteiger partial charge in [0.2, 0.25) is 5.91 Å². The number of hydrogen-bond donors (Lipinski definition) is 3. The van der Waals surface area contributed by atoms with Crippen LogP contribution in [0.3, 0.4) is 0 Å². The maximum Gasteiger partial charge on any atom is 0.315 e. The van der Waals surface area contributed by atoms with Crippen molar-refractivity contribution in [2.24, 2.45) is 5.92 Å². The van der Waals surface area contributed by atoms with Crippen molar-refractivity contribution in [3.8, 4) is 0 Å². The van der Waals surface area contributed by atoms with Gasteiger partial charge in [-0.1, -0.05) is 41.0 Å². The molecule has 1 aliphatic rings. The molecule has 7 nitrogen and oxygen atoms in total. The van der Waals surface area contributed by atoms with Gasteiger partial charge in [-0.15, -0.1) is 0 Å². The van der Waals surface area contributed by atoms with Gasteiger partial charge in [0.1, 0.15) is 6.04 Å². The fourth-order valence-corrected chi connectivity index (χ4v) is 2.14. The number of hydrogen-bond acceptors (Lipinski definition) is 3. The van der Waals surface area contributed by atoms with Gasteiger partial charge in [-0.05, 0) is 53.4 Å². The summed E-state index contributed by atoms with van der Waals surface area (Å²) in [5, 5.41) is 12.4. The Balaban J connectivity index is -0.000000521. The lowest BCUT2D eigenvalue weighted by molar-refractivity contribution is -0.133. The van der Waals surface area contributed by atoms with E-state index in [1.807, 2.05) is 32.6 Å². The van der Waals surface area contributed by atoms with E-state index in [4.69, 9.17) is 9.90 Å². The third-order valence-corrected chi connectivity index (χ3v) is 3.04. The first-order valence-corrected chi connectivity index (χ1v) is 10.2. The molecule has 7 heteroatoms. The highest BCUT2D eigenvalue weighted by atomic mass is 16.3. The molecule has 0 aromatic heterocycles. The summed E-state index contributed by atoms with van der Waals surface area (Å²) in [7, 11) is 0. The summed E-state index contributed by atoms with van der Waals surface area (Å²) in [5.74, 6) is 0.837. The molecule has 28 heavy (non-hydrogen) atoms. The van der Waals surface area contributed by atoms with Crippen LogP contribution in [0.5, 0.6) is 0 Å². The van der Waals surface area contributed by atoms with Crippen LogP contribution >= 0.6 is 0 Å². The Hall–Kier alpha value is -1.79. The number of rotatable bonds is 2. The van der Waals surface area contributed by atoms with Crippen molar-refractivity contribution in [3.05, 3.63) is 0 Å². The van der Waals surface area contributed by atoms with E-state index in [-0.39, 0.29) is 30.0 Å². The third kappa shape index (κ3) is 20.5. The van der Waals surface area contributed by atoms with Crippen molar-refractivity contribution in [2.75, 3.05) is 6.54 Å². The highest BCUT2D eigenvalue weighted by Gasteiger charge is 2.29. The van der Waals surface area contributed by atoms with Crippen molar-refractivity contribution in [1.82, 2.24) is 15.5 Å². The molecule has 1 fully saturated rings. The van der Waals surface area contributed by atoms with E-state index in [1.165, 1.54) is 6.42 Å². The van der Waals surface area contributed by atoms with Crippen molar-refractivity contribution in [2.45, 2.75) is 106 Å². The fraction of sp³-hybridized carbons (Fsp3) is 0.857. The van der Waals surface area contributed by atoms with Crippen molar-refractivity contribution >= 4 is 18.4 Å². The Kier molecular flexibility index (Phi) is 19.1. The Morgan fingerprint density at radius 1 is 1.18 bits per heavy atom. The first kappa shape index (κ1) is 30.9. The summed E-state index contributed by atoms with van der Waals surface area (Å²) < 4.78 is 0. The summed E-state index contributed by atoms with van der Waals surface area (Å²) in [5.41, 5.74) is -0.298. The molecule has 0 aromatic rings. The van der Waals surface area contributed by atoms with Crippen LogP contribution in [-0.4, -0.2) is 52.6 Å². The second-order valence-electron chi connectivity index (χ2n) is 8.64. The highest BCUT2D eigenvalue weighted by Crippen LogP contribution is 2.17. The average Bonchev–Trinajstić information content (AvgIpc) is 2.91. The van der Waals surface area contributed by atoms with Gasteiger partial charge in [-0.25, -0.2) is 4.79 Å². The summed E-state index contributed by atoms with van der Waals surface area (Å²) in [6, 6.07) is -0.490. The van der Waals surface area contributed by atoms with Gasteiger partial charge < -0.3 is 20.6 Å². The van der Waals surface area contributed by atoms with E-state index in [1.54, 1.807) is 6.92 Å². The van der Waals surface area contributed by atoms with Crippen molar-refractivity contribution in [3.63, 3.8) is 0 Å². The van der Waals surface area contributed by atoms with Crippen LogP contribution in [0.1, 0.15) is 88.5 Å². The lowest BCUT2D eigenvalue weighted by atomic mass is 10.1. The molecule has 1 rings (SSSR count). The highest BCUT2D eigenvalue weighted by molar-refractivity contribution is 5.87. The number of urea groups is 1. The Labute approximate surface area is 172 Å². The topological polar surface area (TPSA) is 98.7 Å². The Morgan fingerprint density at radius 3 is 1.86 bits per heavy atom. The van der Waals surface area contributed by atoms with Crippen LogP contribution in [0.25, 0.3) is 0 Å². The summed E-state index contributed by atoms with van der Waals surface area (Å²) >= 11 is 0. The number of nitrogens with one attached hydrogen (secondary N) is 2. The first-order chi connectivity index (χ1) is 12.8. The summed E-state index contributed by atoms with van der Waals surface area (Å²) in [6.07, 6.45) is 3.35. The van der Waals surface area contributed by atoms with Gasteiger partial charge in [-0.2, -0.15) is 0 Å². The van der Waals surface area contributed by atoms with Gasteiger partial charge in [0, 0.05) is 18.1 Å². The standard InChI is InChI=1S/C13H25N3O2.C4H10.C3H8.CH2O2/c1-9-7-6-8-16(9)11(17)10(2)14-12(18)15-13(3,4)5;1-4(2)3;1-3-2;2-1-3/h9-10H,6-8H2,1-5H3,(H2,14,15,18);4H,1-3H3;3H2,1-2H3;1H,(H,2,3). The fourth-order valence-electron chi connectivity index (χ4n) is 2.14. The molecule has 0 aliphatic carbocycles. The molecule has 2 atom stereocenters. The smallest absolute Gasteiger partial charge is 0.315 e. The monoisotopic (exact) mass is 403 g/mol. The minimum absolute atomic E-state index is 0.00376. The molecule has 0 bridgehead atoms. The van der Waals surface area contributed by atoms with Gasteiger partial charge >= 0.3 is 6.03 Å². The molecule has 0 saturated carbocycles. The lowest BCUT2D eigenvalue weighted by Gasteiger charge is -2.27. The number of carboxylic acid groups (broad SMARTS) is 1. The largest absolute Gasteiger partial charge is 0.483 e. The predicted molar refractivity (Wildman–Crippen MR) is 116 cm³/mol. The zero-order chi connectivity index (χ0) is 22.9. The minimum atomic E-state index is -0.479. The first-order valence-electron chi connectivity index (χ1n) is 10.2. The number of likely N-dealkylation sites (tertiary alicyclic amines) is 1. The summed E-state index contributed by atoms with van der Waals surface area (Å²) in [4.78, 5) is 34.0. The Morgan fingerprint density at radius 2 is 1.57 bits per heavy atom. The molecule has 168 valence electrons. The van der Waals surface area contributed by atoms with Crippen LogP contribution in [0.15, 0.2) is 0 Å². The van der Waals surface area contributed by atoms with E-state index in [0.717, 1.165) is 25.3 Å². The van der Waals surface area contributed by atoms with E-state index in [2.05, 4.69) is 45.3 Å².